The van der Waals surface area contributed by atoms with Crippen LogP contribution in [0.5, 0.6) is 0 Å². The number of ether oxygens (including phenoxy) is 1. The number of halogens is 2. The Morgan fingerprint density at radius 3 is 2.61 bits per heavy atom. The molecular formula is C15H13ClFNO4S. The molecule has 1 N–H and O–H groups in total. The Kier molecular flexibility index (Phi) is 4.91. The topological polar surface area (TPSA) is 72.5 Å². The van der Waals surface area contributed by atoms with Crippen molar-refractivity contribution in [3.8, 4) is 0 Å². The summed E-state index contributed by atoms with van der Waals surface area (Å²) in [6, 6.07) is 7.63. The van der Waals surface area contributed by atoms with Crippen LogP contribution in [0, 0.1) is 12.7 Å². The first-order chi connectivity index (χ1) is 10.8. The molecule has 0 aromatic heterocycles. The third-order valence-corrected chi connectivity index (χ3v) is 4.94. The second kappa shape index (κ2) is 6.55. The largest absolute Gasteiger partial charge is 0.465 e. The van der Waals surface area contributed by atoms with Gasteiger partial charge in [-0.25, -0.2) is 17.6 Å². The van der Waals surface area contributed by atoms with Gasteiger partial charge in [0.15, 0.2) is 0 Å². The lowest BCUT2D eigenvalue weighted by atomic mass is 10.2. The van der Waals surface area contributed by atoms with E-state index < -0.39 is 26.7 Å². The minimum absolute atomic E-state index is 0.0721. The Morgan fingerprint density at radius 2 is 1.96 bits per heavy atom. The van der Waals surface area contributed by atoms with Crippen molar-refractivity contribution in [1.82, 2.24) is 0 Å². The van der Waals surface area contributed by atoms with Gasteiger partial charge in [-0.2, -0.15) is 0 Å². The number of benzene rings is 2. The Balaban J connectivity index is 2.47. The van der Waals surface area contributed by atoms with Gasteiger partial charge in [-0.3, -0.25) is 4.72 Å². The fraction of sp³-hybridized carbons (Fsp3) is 0.133. The van der Waals surface area contributed by atoms with E-state index in [-0.39, 0.29) is 11.3 Å². The number of hydrogen-bond donors (Lipinski definition) is 1. The van der Waals surface area contributed by atoms with E-state index in [1.807, 2.05) is 0 Å². The highest BCUT2D eigenvalue weighted by atomic mass is 35.5. The van der Waals surface area contributed by atoms with E-state index in [1.165, 1.54) is 6.07 Å². The van der Waals surface area contributed by atoms with E-state index in [9.17, 15) is 17.6 Å². The second-order valence-electron chi connectivity index (χ2n) is 4.65. The van der Waals surface area contributed by atoms with Crippen LogP contribution in [-0.4, -0.2) is 21.5 Å². The van der Waals surface area contributed by atoms with Crippen LogP contribution in [0.2, 0.25) is 5.02 Å². The molecule has 0 heterocycles. The minimum atomic E-state index is -4.24. The molecule has 8 heteroatoms. The first-order valence-corrected chi connectivity index (χ1v) is 8.28. The summed E-state index contributed by atoms with van der Waals surface area (Å²) in [6.07, 6.45) is 0. The number of rotatable bonds is 4. The number of carbonyl (C=O) groups excluding carboxylic acids is 1. The molecule has 0 aliphatic heterocycles. The van der Waals surface area contributed by atoms with Gasteiger partial charge in [0, 0.05) is 5.02 Å². The van der Waals surface area contributed by atoms with E-state index >= 15 is 0 Å². The molecule has 0 atom stereocenters. The number of anilines is 1. The van der Waals surface area contributed by atoms with E-state index in [4.69, 9.17) is 11.6 Å². The molecule has 0 saturated carbocycles. The summed E-state index contributed by atoms with van der Waals surface area (Å²) >= 11 is 5.94. The van der Waals surface area contributed by atoms with Crippen LogP contribution in [0.3, 0.4) is 0 Å². The number of sulfonamides is 1. The number of hydrogen-bond acceptors (Lipinski definition) is 4. The number of esters is 1. The van der Waals surface area contributed by atoms with Gasteiger partial charge in [-0.1, -0.05) is 17.7 Å². The van der Waals surface area contributed by atoms with Crippen molar-refractivity contribution in [3.63, 3.8) is 0 Å². The van der Waals surface area contributed by atoms with Crippen LogP contribution < -0.4 is 4.72 Å². The first kappa shape index (κ1) is 17.2. The average molecular weight is 358 g/mol. The van der Waals surface area contributed by atoms with Crippen LogP contribution in [0.25, 0.3) is 0 Å². The molecular weight excluding hydrogens is 345 g/mol. The Hall–Kier alpha value is -2.12. The molecule has 0 unspecified atom stereocenters. The van der Waals surface area contributed by atoms with Crippen molar-refractivity contribution in [1.29, 1.82) is 0 Å². The third kappa shape index (κ3) is 3.62. The van der Waals surface area contributed by atoms with E-state index in [0.717, 1.165) is 25.3 Å². The Morgan fingerprint density at radius 1 is 1.26 bits per heavy atom. The number of methoxy groups -OCH3 is 1. The van der Waals surface area contributed by atoms with Gasteiger partial charge in [0.1, 0.15) is 10.7 Å². The normalized spacial score (nSPS) is 11.1. The predicted octanol–water partition coefficient (Wildman–Crippen LogP) is 3.37. The molecule has 2 aromatic carbocycles. The first-order valence-electron chi connectivity index (χ1n) is 6.42. The molecule has 23 heavy (non-hydrogen) atoms. The molecule has 0 aliphatic carbocycles. The molecule has 0 saturated heterocycles. The minimum Gasteiger partial charge on any atom is -0.465 e. The summed E-state index contributed by atoms with van der Waals surface area (Å²) in [4.78, 5) is 10.8. The molecule has 0 radical (unpaired) electrons. The van der Waals surface area contributed by atoms with Crippen LogP contribution in [-0.2, 0) is 14.8 Å². The van der Waals surface area contributed by atoms with Crippen LogP contribution in [0.4, 0.5) is 10.1 Å². The SMILES string of the molecule is COC(=O)c1ccc(F)c(S(=O)(=O)Nc2cccc(Cl)c2C)c1. The van der Waals surface area contributed by atoms with Gasteiger partial charge in [0.2, 0.25) is 0 Å². The van der Waals surface area contributed by atoms with Crippen LogP contribution in [0.15, 0.2) is 41.3 Å². The second-order valence-corrected chi connectivity index (χ2v) is 6.71. The zero-order chi connectivity index (χ0) is 17.2. The van der Waals surface area contributed by atoms with Crippen molar-refractivity contribution >= 4 is 33.3 Å². The number of carbonyl (C=O) groups is 1. The maximum absolute atomic E-state index is 13.9. The fourth-order valence-electron chi connectivity index (χ4n) is 1.87. The molecule has 0 fully saturated rings. The summed E-state index contributed by atoms with van der Waals surface area (Å²) in [5.74, 6) is -1.75. The summed E-state index contributed by atoms with van der Waals surface area (Å²) in [7, 11) is -3.09. The Labute approximate surface area is 138 Å². The van der Waals surface area contributed by atoms with Crippen molar-refractivity contribution in [2.24, 2.45) is 0 Å². The summed E-state index contributed by atoms with van der Waals surface area (Å²) < 4.78 is 45.5. The van der Waals surface area contributed by atoms with Crippen LogP contribution >= 0.6 is 11.6 Å². The van der Waals surface area contributed by atoms with E-state index in [0.29, 0.717) is 10.6 Å². The quantitative estimate of drug-likeness (QED) is 0.851. The van der Waals surface area contributed by atoms with Crippen LogP contribution in [0.1, 0.15) is 15.9 Å². The van der Waals surface area contributed by atoms with Crippen molar-refractivity contribution in [2.75, 3.05) is 11.8 Å². The van der Waals surface area contributed by atoms with Gasteiger partial charge in [-0.05, 0) is 42.8 Å². The molecule has 0 spiro atoms. The molecule has 2 rings (SSSR count). The third-order valence-electron chi connectivity index (χ3n) is 3.15. The summed E-state index contributed by atoms with van der Waals surface area (Å²) in [5.41, 5.74) is 0.653. The van der Waals surface area contributed by atoms with Gasteiger partial charge in [0.25, 0.3) is 10.0 Å². The monoisotopic (exact) mass is 357 g/mol. The zero-order valence-corrected chi connectivity index (χ0v) is 13.8. The Bertz CT molecular complexity index is 868. The lowest BCUT2D eigenvalue weighted by Gasteiger charge is -2.12. The predicted molar refractivity (Wildman–Crippen MR) is 84.7 cm³/mol. The molecule has 0 amide bonds. The van der Waals surface area contributed by atoms with E-state index in [1.54, 1.807) is 19.1 Å². The molecule has 0 aliphatic rings. The summed E-state index contributed by atoms with van der Waals surface area (Å²) in [5, 5.41) is 0.369. The highest BCUT2D eigenvalue weighted by Gasteiger charge is 2.22. The molecule has 0 bridgehead atoms. The average Bonchev–Trinajstić information content (AvgIpc) is 2.51. The van der Waals surface area contributed by atoms with Gasteiger partial charge in [0.05, 0.1) is 18.4 Å². The summed E-state index contributed by atoms with van der Waals surface area (Å²) in [6.45, 7) is 1.63. The highest BCUT2D eigenvalue weighted by Crippen LogP contribution is 2.26. The van der Waals surface area contributed by atoms with Crippen molar-refractivity contribution in [3.05, 3.63) is 58.4 Å². The lowest BCUT2D eigenvalue weighted by molar-refractivity contribution is 0.0600. The number of nitrogens with one attached hydrogen (secondary N) is 1. The molecule has 2 aromatic rings. The lowest BCUT2D eigenvalue weighted by Crippen LogP contribution is -2.16. The van der Waals surface area contributed by atoms with Gasteiger partial charge >= 0.3 is 5.97 Å². The maximum atomic E-state index is 13.9. The van der Waals surface area contributed by atoms with Gasteiger partial charge < -0.3 is 4.74 Å². The highest BCUT2D eigenvalue weighted by molar-refractivity contribution is 7.92. The standard InChI is InChI=1S/C15H13ClFNO4S/c1-9-11(16)4-3-5-13(9)18-23(20,21)14-8-10(15(19)22-2)6-7-12(14)17/h3-8,18H,1-2H3. The van der Waals surface area contributed by atoms with Gasteiger partial charge in [-0.15, -0.1) is 0 Å². The fourth-order valence-corrected chi connectivity index (χ4v) is 3.27. The smallest absolute Gasteiger partial charge is 0.337 e. The molecule has 122 valence electrons. The molecule has 5 nitrogen and oxygen atoms in total. The zero-order valence-electron chi connectivity index (χ0n) is 12.3. The van der Waals surface area contributed by atoms with Crippen molar-refractivity contribution in [2.45, 2.75) is 11.8 Å². The van der Waals surface area contributed by atoms with Crippen molar-refractivity contribution < 1.29 is 22.3 Å². The van der Waals surface area contributed by atoms with E-state index in [2.05, 4.69) is 9.46 Å². The maximum Gasteiger partial charge on any atom is 0.337 e.